The van der Waals surface area contributed by atoms with Crippen LogP contribution in [0.3, 0.4) is 0 Å². The average molecular weight is 607 g/mol. The molecule has 2 atom stereocenters. The predicted octanol–water partition coefficient (Wildman–Crippen LogP) is 9.98. The summed E-state index contributed by atoms with van der Waals surface area (Å²) in [5.74, 6) is 1.69. The summed E-state index contributed by atoms with van der Waals surface area (Å²) in [6.45, 7) is 0. The molecular formula is C32H28Cl2O2Zr. The summed E-state index contributed by atoms with van der Waals surface area (Å²) in [5, 5.41) is 1.42. The van der Waals surface area contributed by atoms with Crippen LogP contribution in [0.25, 0.3) is 0 Å². The second-order valence-electron chi connectivity index (χ2n) is 10.4. The molecule has 1 heterocycles. The Morgan fingerprint density at radius 3 is 1.41 bits per heavy atom. The minimum absolute atomic E-state index is 0.185. The van der Waals surface area contributed by atoms with Crippen LogP contribution >= 0.6 is 23.2 Å². The maximum atomic E-state index is 7.42. The van der Waals surface area contributed by atoms with Crippen LogP contribution < -0.4 is 5.63 Å². The predicted molar refractivity (Wildman–Crippen MR) is 148 cm³/mol. The second kappa shape index (κ2) is 9.60. The van der Waals surface area contributed by atoms with Gasteiger partial charge in [0.1, 0.15) is 0 Å². The van der Waals surface area contributed by atoms with Crippen LogP contribution in [0.4, 0.5) is 0 Å². The standard InChI is InChI=1S/C20H20.2C6H5ClO.Zr/c1-2-6-18-12-15(11-17(18)5-1)9-10-16-13-19-7-3-4-8-20(19)14-16;2*7-5-1-3-6(8)4-2-5;/h5-8,11-14H,1-4,9-10H2;2*1-4,8H;/q;;;+2/p-2. The summed E-state index contributed by atoms with van der Waals surface area (Å²) in [5.41, 5.74) is 8.58. The van der Waals surface area contributed by atoms with E-state index < -0.39 is 21.1 Å². The van der Waals surface area contributed by atoms with Crippen LogP contribution in [0, 0.1) is 0 Å². The fraction of sp³-hybridized carbons (Fsp3) is 0.250. The molecule has 1 aliphatic heterocycles. The number of fused-ring (bicyclic) bond motifs is 6. The van der Waals surface area contributed by atoms with E-state index in [1.165, 1.54) is 33.4 Å². The minimum atomic E-state index is -4.27. The van der Waals surface area contributed by atoms with Gasteiger partial charge in [0.05, 0.1) is 0 Å². The van der Waals surface area contributed by atoms with E-state index in [1.807, 2.05) is 48.5 Å². The average Bonchev–Trinajstić information content (AvgIpc) is 3.45. The molecule has 37 heavy (non-hydrogen) atoms. The number of hydrogen-bond acceptors (Lipinski definition) is 2. The first-order valence-corrected chi connectivity index (χ1v) is 18.8. The molecule has 186 valence electrons. The van der Waals surface area contributed by atoms with E-state index in [1.54, 1.807) is 0 Å². The molecule has 2 nitrogen and oxygen atoms in total. The van der Waals surface area contributed by atoms with Crippen molar-refractivity contribution in [3.05, 3.63) is 128 Å². The van der Waals surface area contributed by atoms with E-state index >= 15 is 0 Å². The number of halogens is 2. The van der Waals surface area contributed by atoms with Gasteiger partial charge >= 0.3 is 236 Å². The molecule has 1 fully saturated rings. The summed E-state index contributed by atoms with van der Waals surface area (Å²) < 4.78 is 15.2. The van der Waals surface area contributed by atoms with Gasteiger partial charge in [-0.1, -0.05) is 0 Å². The van der Waals surface area contributed by atoms with Gasteiger partial charge in [-0.2, -0.15) is 0 Å². The van der Waals surface area contributed by atoms with Gasteiger partial charge in [0.25, 0.3) is 0 Å². The van der Waals surface area contributed by atoms with Crippen molar-refractivity contribution in [1.29, 1.82) is 0 Å². The molecule has 2 unspecified atom stereocenters. The van der Waals surface area contributed by atoms with E-state index in [2.05, 4.69) is 36.5 Å². The Balaban J connectivity index is 1.47. The molecule has 0 spiro atoms. The molecular weight excluding hydrogens is 578 g/mol. The number of allylic oxidation sites excluding steroid dienone is 12. The molecule has 0 bridgehead atoms. The molecule has 5 aliphatic rings. The van der Waals surface area contributed by atoms with Crippen LogP contribution in [0.15, 0.2) is 118 Å². The van der Waals surface area contributed by atoms with Crippen molar-refractivity contribution in [2.75, 3.05) is 0 Å². The summed E-state index contributed by atoms with van der Waals surface area (Å²) in [4.78, 5) is 0. The van der Waals surface area contributed by atoms with Crippen LogP contribution in [0.2, 0.25) is 17.3 Å². The fourth-order valence-electron chi connectivity index (χ4n) is 6.71. The van der Waals surface area contributed by atoms with Crippen LogP contribution in [0.5, 0.6) is 11.5 Å². The van der Waals surface area contributed by atoms with Crippen molar-refractivity contribution in [3.8, 4) is 11.5 Å². The Bertz CT molecular complexity index is 1330. The third-order valence-electron chi connectivity index (χ3n) is 8.19. The van der Waals surface area contributed by atoms with Crippen molar-refractivity contribution >= 4 is 23.2 Å². The van der Waals surface area contributed by atoms with Gasteiger partial charge in [-0.05, 0) is 0 Å². The zero-order valence-corrected chi connectivity index (χ0v) is 24.5. The number of rotatable bonds is 4. The molecule has 4 aliphatic carbocycles. The van der Waals surface area contributed by atoms with Gasteiger partial charge in [-0.3, -0.25) is 0 Å². The fourth-order valence-corrected chi connectivity index (χ4v) is 18.7. The maximum absolute atomic E-state index is 7.42. The molecule has 2 aromatic carbocycles. The third kappa shape index (κ3) is 4.19. The van der Waals surface area contributed by atoms with Crippen molar-refractivity contribution in [3.63, 3.8) is 0 Å². The first kappa shape index (κ1) is 24.0. The van der Waals surface area contributed by atoms with E-state index in [9.17, 15) is 0 Å². The van der Waals surface area contributed by atoms with E-state index in [0.717, 1.165) is 50.0 Å². The number of hydrogen-bond donors (Lipinski definition) is 0. The first-order chi connectivity index (χ1) is 18.1. The first-order valence-electron chi connectivity index (χ1n) is 13.2. The van der Waals surface area contributed by atoms with Crippen molar-refractivity contribution < 1.29 is 26.8 Å². The Morgan fingerprint density at radius 1 is 0.568 bits per heavy atom. The monoisotopic (exact) mass is 604 g/mol. The molecule has 0 radical (unpaired) electrons. The van der Waals surface area contributed by atoms with Crippen molar-refractivity contribution in [1.82, 2.24) is 0 Å². The Hall–Kier alpha value is -2.06. The molecule has 0 N–H and O–H groups in total. The van der Waals surface area contributed by atoms with E-state index in [-0.39, 0.29) is 7.25 Å². The SMILES string of the molecule is Clc1ccc([O][Zr]2([O]c3ccc(Cl)cc3)[CH]3C(=CC4=CCCC=C43)CCC3=CC4=CCCC=C4[CH]32)cc1. The second-order valence-corrected chi connectivity index (χ2v) is 18.7. The van der Waals surface area contributed by atoms with E-state index in [0.29, 0.717) is 10.0 Å². The quantitative estimate of drug-likeness (QED) is 0.345. The Kier molecular flexibility index (Phi) is 6.23. The summed E-state index contributed by atoms with van der Waals surface area (Å²) in [6, 6.07) is 15.7. The molecule has 7 rings (SSSR count). The van der Waals surface area contributed by atoms with Crippen molar-refractivity contribution in [2.24, 2.45) is 0 Å². The van der Waals surface area contributed by atoms with Gasteiger partial charge in [-0.25, -0.2) is 0 Å². The van der Waals surface area contributed by atoms with Gasteiger partial charge < -0.3 is 0 Å². The zero-order valence-electron chi connectivity index (χ0n) is 20.6. The Labute approximate surface area is 234 Å². The molecule has 1 saturated heterocycles. The summed E-state index contributed by atoms with van der Waals surface area (Å²) >= 11 is 8.30. The van der Waals surface area contributed by atoms with Gasteiger partial charge in [0, 0.05) is 0 Å². The topological polar surface area (TPSA) is 18.5 Å². The molecule has 0 aromatic heterocycles. The molecule has 0 saturated carbocycles. The van der Waals surface area contributed by atoms with Crippen LogP contribution in [-0.4, -0.2) is 0 Å². The van der Waals surface area contributed by atoms with Gasteiger partial charge in [0.2, 0.25) is 0 Å². The van der Waals surface area contributed by atoms with Crippen LogP contribution in [0.1, 0.15) is 38.5 Å². The van der Waals surface area contributed by atoms with Gasteiger partial charge in [0.15, 0.2) is 0 Å². The van der Waals surface area contributed by atoms with Gasteiger partial charge in [-0.15, -0.1) is 0 Å². The van der Waals surface area contributed by atoms with E-state index in [4.69, 9.17) is 28.8 Å². The Morgan fingerprint density at radius 2 is 0.973 bits per heavy atom. The third-order valence-corrected chi connectivity index (χ3v) is 18.7. The molecule has 5 heteroatoms. The van der Waals surface area contributed by atoms with Crippen LogP contribution in [-0.2, 0) is 21.1 Å². The zero-order chi connectivity index (χ0) is 25.0. The summed E-state index contributed by atoms with van der Waals surface area (Å²) in [7, 11) is 0. The molecule has 2 aromatic rings. The summed E-state index contributed by atoms with van der Waals surface area (Å²) in [6.07, 6.45) is 21.1. The number of benzene rings is 2. The van der Waals surface area contributed by atoms with Crippen molar-refractivity contribution in [2.45, 2.75) is 45.8 Å². The normalized spacial score (nSPS) is 25.0. The molecule has 0 amide bonds.